The molecule has 0 radical (unpaired) electrons. The Morgan fingerprint density at radius 3 is 1.67 bits per heavy atom. The summed E-state index contributed by atoms with van der Waals surface area (Å²) in [6, 6.07) is 0. The Bertz CT molecular complexity index is 47.3. The molecule has 1 rings (SSSR count). The Hall–Kier alpha value is 1.15. The first-order valence-corrected chi connectivity index (χ1v) is 3.40. The van der Waals surface area contributed by atoms with Crippen LogP contribution in [0, 0.1) is 0 Å². The number of nitrogens with two attached hydrogens (primary N) is 1. The van der Waals surface area contributed by atoms with Gasteiger partial charge in [-0.1, -0.05) is 6.92 Å². The average Bonchev–Trinajstić information content (AvgIpc) is 1.93. The molecule has 0 aromatic rings. The van der Waals surface area contributed by atoms with Crippen LogP contribution in [0.15, 0.2) is 0 Å². The topological polar surface area (TPSA) is 47.3 Å². The van der Waals surface area contributed by atoms with Crippen LogP contribution in [0.3, 0.4) is 0 Å². The fraction of sp³-hybridized carbons (Fsp3) is 1.00. The van der Waals surface area contributed by atoms with Gasteiger partial charge < -0.3 is 40.6 Å². The second-order valence-electron chi connectivity index (χ2n) is 1.77. The maximum Gasteiger partial charge on any atom is 2.00 e. The van der Waals surface area contributed by atoms with Gasteiger partial charge in [-0.2, -0.15) is 0 Å². The minimum Gasteiger partial charge on any atom is -1.00 e. The molecule has 1 aliphatic heterocycles. The van der Waals surface area contributed by atoms with E-state index in [2.05, 4.69) is 5.32 Å². The maximum absolute atomic E-state index is 5.01. The quantitative estimate of drug-likeness (QED) is 0.427. The van der Waals surface area contributed by atoms with E-state index in [1.54, 1.807) is 0 Å². The summed E-state index contributed by atoms with van der Waals surface area (Å²) in [5, 5.41) is 3.16. The Morgan fingerprint density at radius 1 is 1.25 bits per heavy atom. The van der Waals surface area contributed by atoms with Gasteiger partial charge in [-0.3, -0.25) is 0 Å². The SMILES string of the molecule is C1COCCN1.CCN.[Cl-].[Cl-].[Pt+2]. The van der Waals surface area contributed by atoms with E-state index in [1.165, 1.54) is 0 Å². The predicted octanol–water partition coefficient (Wildman–Crippen LogP) is -6.42. The molecular formula is C6H16Cl2N2OPt. The molecule has 0 aromatic carbocycles. The first-order valence-electron chi connectivity index (χ1n) is 3.40. The van der Waals surface area contributed by atoms with Crippen LogP contribution >= 0.6 is 0 Å². The molecule has 0 unspecified atom stereocenters. The van der Waals surface area contributed by atoms with Crippen LogP contribution in [0.5, 0.6) is 0 Å². The minimum absolute atomic E-state index is 0. The fourth-order valence-corrected chi connectivity index (χ4v) is 0.516. The Balaban J connectivity index is -0.0000000489. The fourth-order valence-electron chi connectivity index (χ4n) is 0.516. The molecule has 0 atom stereocenters. The molecule has 1 heterocycles. The molecule has 12 heavy (non-hydrogen) atoms. The van der Waals surface area contributed by atoms with E-state index in [-0.39, 0.29) is 45.9 Å². The van der Waals surface area contributed by atoms with E-state index >= 15 is 0 Å². The van der Waals surface area contributed by atoms with E-state index in [1.807, 2.05) is 6.92 Å². The third kappa shape index (κ3) is 22.5. The Labute approximate surface area is 101 Å². The third-order valence-electron chi connectivity index (χ3n) is 0.846. The van der Waals surface area contributed by atoms with Crippen LogP contribution in [0.1, 0.15) is 6.92 Å². The van der Waals surface area contributed by atoms with Gasteiger partial charge in [0, 0.05) is 13.1 Å². The Morgan fingerprint density at radius 2 is 1.58 bits per heavy atom. The smallest absolute Gasteiger partial charge is 1.00 e. The van der Waals surface area contributed by atoms with E-state index in [0.717, 1.165) is 32.8 Å². The van der Waals surface area contributed by atoms with Gasteiger partial charge >= 0.3 is 21.1 Å². The van der Waals surface area contributed by atoms with Crippen molar-refractivity contribution in [2.45, 2.75) is 6.92 Å². The zero-order chi connectivity index (χ0) is 6.95. The summed E-state index contributed by atoms with van der Waals surface area (Å²) in [7, 11) is 0. The number of halogens is 2. The monoisotopic (exact) mass is 397 g/mol. The zero-order valence-electron chi connectivity index (χ0n) is 7.09. The van der Waals surface area contributed by atoms with Gasteiger partial charge in [-0.25, -0.2) is 0 Å². The molecule has 3 N–H and O–H groups in total. The molecule has 3 nitrogen and oxygen atoms in total. The molecule has 0 bridgehead atoms. The third-order valence-corrected chi connectivity index (χ3v) is 0.846. The van der Waals surface area contributed by atoms with Gasteiger partial charge in [0.25, 0.3) is 0 Å². The van der Waals surface area contributed by atoms with Gasteiger partial charge in [0.15, 0.2) is 0 Å². The molecule has 1 aliphatic rings. The van der Waals surface area contributed by atoms with Crippen LogP contribution in [0.25, 0.3) is 0 Å². The van der Waals surface area contributed by atoms with Gasteiger partial charge in [0.1, 0.15) is 0 Å². The number of morpholine rings is 1. The number of hydrogen-bond acceptors (Lipinski definition) is 3. The van der Waals surface area contributed by atoms with Crippen molar-refractivity contribution in [1.29, 1.82) is 0 Å². The Kier molecular flexibility index (Phi) is 43.9. The van der Waals surface area contributed by atoms with Crippen LogP contribution in [0.2, 0.25) is 0 Å². The van der Waals surface area contributed by atoms with Crippen molar-refractivity contribution in [2.75, 3.05) is 32.8 Å². The first kappa shape index (κ1) is 23.2. The zero-order valence-corrected chi connectivity index (χ0v) is 10.9. The molecular weight excluding hydrogens is 382 g/mol. The molecule has 0 amide bonds. The van der Waals surface area contributed by atoms with Gasteiger partial charge in [0.2, 0.25) is 0 Å². The van der Waals surface area contributed by atoms with Crippen molar-refractivity contribution in [2.24, 2.45) is 5.73 Å². The predicted molar refractivity (Wildman–Crippen MR) is 38.4 cm³/mol. The summed E-state index contributed by atoms with van der Waals surface area (Å²) < 4.78 is 5.01. The van der Waals surface area contributed by atoms with E-state index in [4.69, 9.17) is 10.5 Å². The second kappa shape index (κ2) is 22.7. The van der Waals surface area contributed by atoms with E-state index in [9.17, 15) is 0 Å². The molecule has 0 aromatic heterocycles. The standard InChI is InChI=1S/C4H9NO.C2H7N.2ClH.Pt/c1-3-6-4-2-5-1;1-2-3;;;/h5H,1-4H2;2-3H2,1H3;2*1H;/q;;;;+2/p-2. The van der Waals surface area contributed by atoms with Crippen molar-refractivity contribution in [3.05, 3.63) is 0 Å². The van der Waals surface area contributed by atoms with E-state index in [0.29, 0.717) is 0 Å². The normalized spacial score (nSPS) is 13.5. The van der Waals surface area contributed by atoms with Crippen LogP contribution < -0.4 is 35.9 Å². The molecule has 0 saturated carbocycles. The summed E-state index contributed by atoms with van der Waals surface area (Å²) in [6.45, 7) is 6.49. The van der Waals surface area contributed by atoms with Crippen molar-refractivity contribution >= 4 is 0 Å². The van der Waals surface area contributed by atoms with Gasteiger partial charge in [-0.15, -0.1) is 0 Å². The number of rotatable bonds is 0. The summed E-state index contributed by atoms with van der Waals surface area (Å²) in [4.78, 5) is 0. The number of nitrogens with one attached hydrogen (secondary N) is 1. The van der Waals surface area contributed by atoms with Crippen LogP contribution in [-0.4, -0.2) is 32.8 Å². The van der Waals surface area contributed by atoms with Crippen molar-refractivity contribution < 1.29 is 50.6 Å². The number of hydrogen-bond donors (Lipinski definition) is 2. The number of ether oxygens (including phenoxy) is 1. The molecule has 1 saturated heterocycles. The first-order chi connectivity index (χ1) is 4.41. The summed E-state index contributed by atoms with van der Waals surface area (Å²) >= 11 is 0. The second-order valence-corrected chi connectivity index (χ2v) is 1.77. The van der Waals surface area contributed by atoms with Gasteiger partial charge in [-0.05, 0) is 6.54 Å². The van der Waals surface area contributed by atoms with E-state index < -0.39 is 0 Å². The maximum atomic E-state index is 5.01. The molecule has 0 aliphatic carbocycles. The molecule has 80 valence electrons. The minimum atomic E-state index is 0. The summed E-state index contributed by atoms with van der Waals surface area (Å²) in [5.74, 6) is 0. The van der Waals surface area contributed by atoms with Crippen molar-refractivity contribution in [3.8, 4) is 0 Å². The largest absolute Gasteiger partial charge is 2.00 e. The molecule has 6 heteroatoms. The summed E-state index contributed by atoms with van der Waals surface area (Å²) in [6.07, 6.45) is 0. The van der Waals surface area contributed by atoms with Crippen molar-refractivity contribution in [1.82, 2.24) is 5.32 Å². The van der Waals surface area contributed by atoms with Gasteiger partial charge in [0.05, 0.1) is 13.2 Å². The summed E-state index contributed by atoms with van der Waals surface area (Å²) in [5.41, 5.74) is 4.85. The molecule has 1 fully saturated rings. The average molecular weight is 398 g/mol. The van der Waals surface area contributed by atoms with Crippen LogP contribution in [-0.2, 0) is 25.8 Å². The van der Waals surface area contributed by atoms with Crippen molar-refractivity contribution in [3.63, 3.8) is 0 Å². The van der Waals surface area contributed by atoms with Crippen LogP contribution in [0.4, 0.5) is 0 Å². The molecule has 0 spiro atoms.